The van der Waals surface area contributed by atoms with Gasteiger partial charge in [0.1, 0.15) is 0 Å². The zero-order valence-electron chi connectivity index (χ0n) is 7.87. The van der Waals surface area contributed by atoms with E-state index in [0.717, 1.165) is 5.41 Å². The lowest BCUT2D eigenvalue weighted by Gasteiger charge is -1.96. The molecule has 0 fully saturated rings. The van der Waals surface area contributed by atoms with E-state index in [0.29, 0.717) is 0 Å². The Balaban J connectivity index is 2.92. The van der Waals surface area contributed by atoms with E-state index in [1.165, 1.54) is 30.4 Å². The number of benzene rings is 1. The molecule has 0 aromatic heterocycles. The lowest BCUT2D eigenvalue weighted by atomic mass is 10.4. The van der Waals surface area contributed by atoms with Crippen LogP contribution >= 0.6 is 0 Å². The molecular weight excluding hydrogens is 210 g/mol. The predicted molar refractivity (Wildman–Crippen MR) is 57.5 cm³/mol. The van der Waals surface area contributed by atoms with Gasteiger partial charge in [-0.1, -0.05) is 24.3 Å². The summed E-state index contributed by atoms with van der Waals surface area (Å²) in [6.07, 6.45) is 3.91. The molecule has 0 saturated heterocycles. The van der Waals surface area contributed by atoms with Crippen LogP contribution in [0.25, 0.3) is 0 Å². The minimum atomic E-state index is -3.38. The maximum Gasteiger partial charge on any atom is 0.199 e. The maximum absolute atomic E-state index is 11.6. The third-order valence-electron chi connectivity index (χ3n) is 1.61. The Morgan fingerprint density at radius 3 is 2.40 bits per heavy atom. The van der Waals surface area contributed by atoms with E-state index in [9.17, 15) is 8.42 Å². The lowest BCUT2D eigenvalue weighted by molar-refractivity contribution is 0.604. The van der Waals surface area contributed by atoms with E-state index in [-0.39, 0.29) is 4.90 Å². The van der Waals surface area contributed by atoms with Crippen LogP contribution in [0.15, 0.2) is 58.9 Å². The molecule has 0 radical (unpaired) electrons. The predicted octanol–water partition coefficient (Wildman–Crippen LogP) is 2.05. The molecule has 76 valence electrons. The molecular formula is C11H9NO2S. The average molecular weight is 219 g/mol. The summed E-state index contributed by atoms with van der Waals surface area (Å²) in [7, 11) is -3.38. The van der Waals surface area contributed by atoms with Crippen LogP contribution in [0.1, 0.15) is 0 Å². The third kappa shape index (κ3) is 3.41. The van der Waals surface area contributed by atoms with Crippen LogP contribution in [0, 0.1) is 11.3 Å². The molecule has 0 atom stereocenters. The highest BCUT2D eigenvalue weighted by molar-refractivity contribution is 7.94. The standard InChI is InChI=1S/C11H9NO2S/c12-9-5-2-6-10-15(13,14)11-7-3-1-4-8-11/h1-8,10H. The molecule has 15 heavy (non-hydrogen) atoms. The van der Waals surface area contributed by atoms with Crippen molar-refractivity contribution in [3.8, 4) is 6.07 Å². The monoisotopic (exact) mass is 219 g/mol. The molecule has 0 bridgehead atoms. The van der Waals surface area contributed by atoms with E-state index in [4.69, 9.17) is 5.26 Å². The number of sulfone groups is 1. The molecule has 0 unspecified atom stereocenters. The number of hydrogen-bond acceptors (Lipinski definition) is 3. The smallest absolute Gasteiger partial charge is 0.199 e. The molecule has 0 aliphatic carbocycles. The second-order valence-corrected chi connectivity index (χ2v) is 4.51. The zero-order chi connectivity index (χ0) is 11.1. The summed E-state index contributed by atoms with van der Waals surface area (Å²) in [5, 5.41) is 9.26. The molecule has 0 amide bonds. The van der Waals surface area contributed by atoms with Crippen molar-refractivity contribution in [1.82, 2.24) is 0 Å². The molecule has 0 N–H and O–H groups in total. The van der Waals surface area contributed by atoms with Crippen LogP contribution < -0.4 is 0 Å². The van der Waals surface area contributed by atoms with Crippen molar-refractivity contribution >= 4 is 9.84 Å². The molecule has 0 aliphatic heterocycles. The molecule has 3 nitrogen and oxygen atoms in total. The van der Waals surface area contributed by atoms with Gasteiger partial charge in [-0.2, -0.15) is 5.26 Å². The summed E-state index contributed by atoms with van der Waals surface area (Å²) < 4.78 is 23.2. The Bertz CT molecular complexity index is 507. The van der Waals surface area contributed by atoms with Crippen LogP contribution in [0.3, 0.4) is 0 Å². The number of nitrogens with zero attached hydrogens (tertiary/aromatic N) is 1. The average Bonchev–Trinajstić information content (AvgIpc) is 2.26. The van der Waals surface area contributed by atoms with E-state index >= 15 is 0 Å². The fourth-order valence-corrected chi connectivity index (χ4v) is 1.93. The second kappa shape index (κ2) is 5.13. The van der Waals surface area contributed by atoms with Gasteiger partial charge in [0.15, 0.2) is 9.84 Å². The highest BCUT2D eigenvalue weighted by Crippen LogP contribution is 2.10. The molecule has 1 aromatic carbocycles. The number of hydrogen-bond donors (Lipinski definition) is 0. The summed E-state index contributed by atoms with van der Waals surface area (Å²) in [5.74, 6) is 0. The van der Waals surface area contributed by atoms with Gasteiger partial charge >= 0.3 is 0 Å². The summed E-state index contributed by atoms with van der Waals surface area (Å²) in [6, 6.07) is 9.88. The van der Waals surface area contributed by atoms with Crippen molar-refractivity contribution in [2.24, 2.45) is 0 Å². The van der Waals surface area contributed by atoms with Gasteiger partial charge in [-0.3, -0.25) is 0 Å². The number of allylic oxidation sites excluding steroid dienone is 3. The first-order valence-corrected chi connectivity index (χ1v) is 5.74. The topological polar surface area (TPSA) is 57.9 Å². The molecule has 0 heterocycles. The van der Waals surface area contributed by atoms with Crippen molar-refractivity contribution in [1.29, 1.82) is 5.26 Å². The van der Waals surface area contributed by atoms with E-state index in [2.05, 4.69) is 0 Å². The maximum atomic E-state index is 11.6. The normalized spacial score (nSPS) is 11.9. The zero-order valence-corrected chi connectivity index (χ0v) is 8.68. The summed E-state index contributed by atoms with van der Waals surface area (Å²) in [5.41, 5.74) is 0. The first-order valence-electron chi connectivity index (χ1n) is 4.20. The second-order valence-electron chi connectivity index (χ2n) is 2.67. The molecule has 0 saturated carbocycles. The van der Waals surface area contributed by atoms with Gasteiger partial charge in [-0.25, -0.2) is 8.42 Å². The Hall–Kier alpha value is -1.86. The van der Waals surface area contributed by atoms with Crippen molar-refractivity contribution in [2.45, 2.75) is 4.90 Å². The van der Waals surface area contributed by atoms with Gasteiger partial charge in [-0.15, -0.1) is 0 Å². The first-order chi connectivity index (χ1) is 7.17. The van der Waals surface area contributed by atoms with Gasteiger partial charge in [-0.05, 0) is 18.2 Å². The van der Waals surface area contributed by atoms with Crippen molar-refractivity contribution in [3.63, 3.8) is 0 Å². The fraction of sp³-hybridized carbons (Fsp3) is 0. The molecule has 1 rings (SSSR count). The molecule has 0 spiro atoms. The van der Waals surface area contributed by atoms with Crippen LogP contribution in [-0.4, -0.2) is 8.42 Å². The Kier molecular flexibility index (Phi) is 3.83. The molecule has 4 heteroatoms. The van der Waals surface area contributed by atoms with Gasteiger partial charge in [0, 0.05) is 11.5 Å². The van der Waals surface area contributed by atoms with Crippen molar-refractivity contribution in [2.75, 3.05) is 0 Å². The van der Waals surface area contributed by atoms with Crippen LogP contribution in [-0.2, 0) is 9.84 Å². The van der Waals surface area contributed by atoms with Crippen LogP contribution in [0.4, 0.5) is 0 Å². The van der Waals surface area contributed by atoms with E-state index in [1.807, 2.05) is 0 Å². The Labute approximate surface area is 88.9 Å². The first kappa shape index (κ1) is 11.2. The van der Waals surface area contributed by atoms with Gasteiger partial charge in [0.2, 0.25) is 0 Å². The Morgan fingerprint density at radius 1 is 1.13 bits per heavy atom. The van der Waals surface area contributed by atoms with Gasteiger partial charge in [0.25, 0.3) is 0 Å². The van der Waals surface area contributed by atoms with E-state index in [1.54, 1.807) is 24.3 Å². The number of rotatable bonds is 3. The van der Waals surface area contributed by atoms with Gasteiger partial charge < -0.3 is 0 Å². The van der Waals surface area contributed by atoms with Crippen molar-refractivity contribution < 1.29 is 8.42 Å². The lowest BCUT2D eigenvalue weighted by Crippen LogP contribution is -1.94. The molecule has 0 aliphatic rings. The minimum Gasteiger partial charge on any atom is -0.219 e. The summed E-state index contributed by atoms with van der Waals surface area (Å²) in [4.78, 5) is 0.242. The summed E-state index contributed by atoms with van der Waals surface area (Å²) >= 11 is 0. The fourth-order valence-electron chi connectivity index (χ4n) is 0.936. The van der Waals surface area contributed by atoms with Gasteiger partial charge in [0.05, 0.1) is 11.0 Å². The Morgan fingerprint density at radius 2 is 1.80 bits per heavy atom. The van der Waals surface area contributed by atoms with E-state index < -0.39 is 9.84 Å². The SMILES string of the molecule is N#CC=CC=CS(=O)(=O)c1ccccc1. The summed E-state index contributed by atoms with van der Waals surface area (Å²) in [6.45, 7) is 0. The van der Waals surface area contributed by atoms with Crippen molar-refractivity contribution in [3.05, 3.63) is 54.0 Å². The number of nitriles is 1. The molecule has 1 aromatic rings. The highest BCUT2D eigenvalue weighted by atomic mass is 32.2. The highest BCUT2D eigenvalue weighted by Gasteiger charge is 2.07. The van der Waals surface area contributed by atoms with Crippen LogP contribution in [0.2, 0.25) is 0 Å². The largest absolute Gasteiger partial charge is 0.219 e. The minimum absolute atomic E-state index is 0.242. The van der Waals surface area contributed by atoms with Crippen LogP contribution in [0.5, 0.6) is 0 Å². The third-order valence-corrected chi connectivity index (χ3v) is 3.06. The quantitative estimate of drug-likeness (QED) is 0.577.